The molecule has 2 aromatic rings. The van der Waals surface area contributed by atoms with E-state index >= 15 is 0 Å². The summed E-state index contributed by atoms with van der Waals surface area (Å²) < 4.78 is 13.0. The molecule has 1 amide bonds. The lowest BCUT2D eigenvalue weighted by atomic mass is 10.1. The van der Waals surface area contributed by atoms with E-state index in [9.17, 15) is 9.18 Å². The van der Waals surface area contributed by atoms with E-state index in [4.69, 9.17) is 11.6 Å². The normalized spacial score (nSPS) is 10.2. The molecule has 0 heterocycles. The SMILES string of the molecule is Cc1ccccc1CNC(=O)CNc1ccc(F)c(Cl)c1. The Hall–Kier alpha value is -2.07. The number of benzene rings is 2. The number of aryl methyl sites for hydroxylation is 1. The molecule has 0 aliphatic rings. The van der Waals surface area contributed by atoms with Gasteiger partial charge in [0.1, 0.15) is 5.82 Å². The minimum absolute atomic E-state index is 0.0281. The number of carbonyl (C=O) groups is 1. The Morgan fingerprint density at radius 2 is 2.00 bits per heavy atom. The van der Waals surface area contributed by atoms with Crippen molar-refractivity contribution < 1.29 is 9.18 Å². The van der Waals surface area contributed by atoms with Crippen LogP contribution in [-0.2, 0) is 11.3 Å². The van der Waals surface area contributed by atoms with Crippen LogP contribution in [0.3, 0.4) is 0 Å². The fraction of sp³-hybridized carbons (Fsp3) is 0.188. The summed E-state index contributed by atoms with van der Waals surface area (Å²) in [6, 6.07) is 12.1. The first kappa shape index (κ1) is 15.3. The molecule has 0 unspecified atom stereocenters. The Balaban J connectivity index is 1.82. The van der Waals surface area contributed by atoms with Crippen molar-refractivity contribution in [2.75, 3.05) is 11.9 Å². The van der Waals surface area contributed by atoms with E-state index in [0.29, 0.717) is 12.2 Å². The monoisotopic (exact) mass is 306 g/mol. The average molecular weight is 307 g/mol. The molecule has 0 aromatic heterocycles. The molecule has 0 fully saturated rings. The van der Waals surface area contributed by atoms with Crippen LogP contribution in [0.1, 0.15) is 11.1 Å². The maximum Gasteiger partial charge on any atom is 0.239 e. The number of rotatable bonds is 5. The van der Waals surface area contributed by atoms with Crippen LogP contribution in [-0.4, -0.2) is 12.5 Å². The topological polar surface area (TPSA) is 41.1 Å². The van der Waals surface area contributed by atoms with Crippen LogP contribution < -0.4 is 10.6 Å². The molecular weight excluding hydrogens is 291 g/mol. The van der Waals surface area contributed by atoms with Crippen LogP contribution in [0.5, 0.6) is 0 Å². The predicted octanol–water partition coefficient (Wildman–Crippen LogP) is 3.52. The van der Waals surface area contributed by atoms with E-state index in [0.717, 1.165) is 11.1 Å². The fourth-order valence-electron chi connectivity index (χ4n) is 1.85. The van der Waals surface area contributed by atoms with Crippen molar-refractivity contribution in [3.8, 4) is 0 Å². The molecule has 0 saturated heterocycles. The van der Waals surface area contributed by atoms with Gasteiger partial charge in [0.2, 0.25) is 5.91 Å². The van der Waals surface area contributed by atoms with Crippen molar-refractivity contribution in [1.82, 2.24) is 5.32 Å². The van der Waals surface area contributed by atoms with Gasteiger partial charge in [-0.25, -0.2) is 4.39 Å². The summed E-state index contributed by atoms with van der Waals surface area (Å²) >= 11 is 5.67. The highest BCUT2D eigenvalue weighted by Gasteiger charge is 2.04. The van der Waals surface area contributed by atoms with E-state index in [2.05, 4.69) is 10.6 Å². The number of halogens is 2. The molecule has 2 rings (SSSR count). The van der Waals surface area contributed by atoms with E-state index in [1.165, 1.54) is 18.2 Å². The molecule has 0 bridgehead atoms. The Bertz CT molecular complexity index is 646. The quantitative estimate of drug-likeness (QED) is 0.887. The Morgan fingerprint density at radius 1 is 1.24 bits per heavy atom. The van der Waals surface area contributed by atoms with Crippen LogP contribution in [0.2, 0.25) is 5.02 Å². The second-order valence-electron chi connectivity index (χ2n) is 4.69. The minimum atomic E-state index is -0.480. The molecule has 0 atom stereocenters. The number of anilines is 1. The first-order valence-corrected chi connectivity index (χ1v) is 6.94. The van der Waals surface area contributed by atoms with Crippen molar-refractivity contribution in [1.29, 1.82) is 0 Å². The van der Waals surface area contributed by atoms with E-state index in [1.807, 2.05) is 31.2 Å². The smallest absolute Gasteiger partial charge is 0.239 e. The molecule has 0 radical (unpaired) electrons. The number of hydrogen-bond acceptors (Lipinski definition) is 2. The van der Waals surface area contributed by atoms with Gasteiger partial charge in [0.25, 0.3) is 0 Å². The van der Waals surface area contributed by atoms with Gasteiger partial charge in [-0.2, -0.15) is 0 Å². The van der Waals surface area contributed by atoms with Crippen molar-refractivity contribution in [3.63, 3.8) is 0 Å². The zero-order valence-electron chi connectivity index (χ0n) is 11.6. The highest BCUT2D eigenvalue weighted by Crippen LogP contribution is 2.18. The molecule has 2 aromatic carbocycles. The molecule has 5 heteroatoms. The fourth-order valence-corrected chi connectivity index (χ4v) is 2.03. The molecule has 0 spiro atoms. The lowest BCUT2D eigenvalue weighted by Crippen LogP contribution is -2.29. The van der Waals surface area contributed by atoms with Gasteiger partial charge < -0.3 is 10.6 Å². The summed E-state index contributed by atoms with van der Waals surface area (Å²) in [4.78, 5) is 11.8. The van der Waals surface area contributed by atoms with Crippen molar-refractivity contribution in [2.45, 2.75) is 13.5 Å². The third-order valence-electron chi connectivity index (χ3n) is 3.11. The summed E-state index contributed by atoms with van der Waals surface area (Å²) in [5.41, 5.74) is 2.82. The second kappa shape index (κ2) is 7.09. The van der Waals surface area contributed by atoms with Gasteiger partial charge >= 0.3 is 0 Å². The summed E-state index contributed by atoms with van der Waals surface area (Å²) in [7, 11) is 0. The lowest BCUT2D eigenvalue weighted by Gasteiger charge is -2.09. The lowest BCUT2D eigenvalue weighted by molar-refractivity contribution is -0.119. The standard InChI is InChI=1S/C16H16ClFN2O/c1-11-4-2-3-5-12(11)9-20-16(21)10-19-13-6-7-15(18)14(17)8-13/h2-8,19H,9-10H2,1H3,(H,20,21). The third kappa shape index (κ3) is 4.46. The van der Waals surface area contributed by atoms with Crippen molar-refractivity contribution >= 4 is 23.2 Å². The molecule has 110 valence electrons. The van der Waals surface area contributed by atoms with Crippen molar-refractivity contribution in [2.24, 2.45) is 0 Å². The molecule has 2 N–H and O–H groups in total. The first-order chi connectivity index (χ1) is 10.1. The number of amides is 1. The van der Waals surface area contributed by atoms with Gasteiger partial charge in [0.05, 0.1) is 11.6 Å². The molecule has 3 nitrogen and oxygen atoms in total. The minimum Gasteiger partial charge on any atom is -0.376 e. The zero-order valence-corrected chi connectivity index (χ0v) is 12.4. The molecule has 0 aliphatic carbocycles. The van der Waals surface area contributed by atoms with Gasteiger partial charge in [-0.05, 0) is 36.2 Å². The number of hydrogen-bond donors (Lipinski definition) is 2. The van der Waals surface area contributed by atoms with Crippen LogP contribution >= 0.6 is 11.6 Å². The highest BCUT2D eigenvalue weighted by molar-refractivity contribution is 6.31. The van der Waals surface area contributed by atoms with Gasteiger partial charge in [0, 0.05) is 12.2 Å². The van der Waals surface area contributed by atoms with Gasteiger partial charge in [0.15, 0.2) is 0 Å². The first-order valence-electron chi connectivity index (χ1n) is 6.56. The van der Waals surface area contributed by atoms with Crippen LogP contribution in [0.4, 0.5) is 10.1 Å². The van der Waals surface area contributed by atoms with E-state index in [1.54, 1.807) is 0 Å². The molecular formula is C16H16ClFN2O. The highest BCUT2D eigenvalue weighted by atomic mass is 35.5. The Morgan fingerprint density at radius 3 is 2.71 bits per heavy atom. The maximum atomic E-state index is 13.0. The summed E-state index contributed by atoms with van der Waals surface area (Å²) in [6.45, 7) is 2.59. The van der Waals surface area contributed by atoms with Crippen molar-refractivity contribution in [3.05, 3.63) is 64.4 Å². The third-order valence-corrected chi connectivity index (χ3v) is 3.40. The van der Waals surface area contributed by atoms with Gasteiger partial charge in [-0.3, -0.25) is 4.79 Å². The van der Waals surface area contributed by atoms with Crippen LogP contribution in [0.15, 0.2) is 42.5 Å². The Kier molecular flexibility index (Phi) is 5.17. The summed E-state index contributed by atoms with van der Waals surface area (Å²) in [5.74, 6) is -0.620. The molecule has 0 saturated carbocycles. The number of nitrogens with one attached hydrogen (secondary N) is 2. The average Bonchev–Trinajstić information content (AvgIpc) is 2.47. The zero-order chi connectivity index (χ0) is 15.2. The maximum absolute atomic E-state index is 13.0. The van der Waals surface area contributed by atoms with Gasteiger partial charge in [-0.15, -0.1) is 0 Å². The summed E-state index contributed by atoms with van der Waals surface area (Å²) in [6.07, 6.45) is 0. The molecule has 0 aliphatic heterocycles. The molecule has 21 heavy (non-hydrogen) atoms. The largest absolute Gasteiger partial charge is 0.376 e. The van der Waals surface area contributed by atoms with Gasteiger partial charge in [-0.1, -0.05) is 35.9 Å². The second-order valence-corrected chi connectivity index (χ2v) is 5.09. The predicted molar refractivity (Wildman–Crippen MR) is 82.9 cm³/mol. The summed E-state index contributed by atoms with van der Waals surface area (Å²) in [5, 5.41) is 5.76. The van der Waals surface area contributed by atoms with Crippen LogP contribution in [0, 0.1) is 12.7 Å². The van der Waals surface area contributed by atoms with Crippen LogP contribution in [0.25, 0.3) is 0 Å². The number of carbonyl (C=O) groups excluding carboxylic acids is 1. The van der Waals surface area contributed by atoms with E-state index in [-0.39, 0.29) is 17.5 Å². The van der Waals surface area contributed by atoms with E-state index < -0.39 is 5.82 Å². The Labute approximate surface area is 128 Å².